The molecule has 1 aromatic rings. The minimum absolute atomic E-state index is 0.178. The summed E-state index contributed by atoms with van der Waals surface area (Å²) in [6.07, 6.45) is 0.561. The molecule has 6 atom stereocenters. The lowest BCUT2D eigenvalue weighted by Crippen LogP contribution is -2.55. The summed E-state index contributed by atoms with van der Waals surface area (Å²) in [4.78, 5) is 41.2. The summed E-state index contributed by atoms with van der Waals surface area (Å²) in [6, 6.07) is 4.36. The first-order valence-electron chi connectivity index (χ1n) is 9.89. The zero-order valence-corrected chi connectivity index (χ0v) is 16.6. The van der Waals surface area contributed by atoms with Gasteiger partial charge in [-0.05, 0) is 25.8 Å². The van der Waals surface area contributed by atoms with Crippen LogP contribution >= 0.6 is 11.6 Å². The number of hydrogen-bond donors (Lipinski definition) is 3. The first kappa shape index (κ1) is 19.0. The van der Waals surface area contributed by atoms with Crippen LogP contribution in [0.3, 0.4) is 0 Å². The van der Waals surface area contributed by atoms with Crippen molar-refractivity contribution in [2.75, 3.05) is 18.5 Å². The molecule has 0 radical (unpaired) electrons. The summed E-state index contributed by atoms with van der Waals surface area (Å²) in [5, 5.41) is 16.7. The maximum Gasteiger partial charge on any atom is 0.250 e. The van der Waals surface area contributed by atoms with Crippen LogP contribution in [0.2, 0.25) is 5.02 Å². The van der Waals surface area contributed by atoms with Gasteiger partial charge in [-0.15, -0.1) is 0 Å². The number of benzene rings is 1. The van der Waals surface area contributed by atoms with E-state index in [9.17, 15) is 19.5 Å². The third-order valence-electron chi connectivity index (χ3n) is 6.66. The minimum atomic E-state index is -1.44. The molecular weight excluding hydrogens is 398 g/mol. The Hall–Kier alpha value is -2.00. The second-order valence-corrected chi connectivity index (χ2v) is 8.67. The van der Waals surface area contributed by atoms with Crippen molar-refractivity contribution in [3.05, 3.63) is 28.8 Å². The van der Waals surface area contributed by atoms with Gasteiger partial charge in [0.25, 0.3) is 0 Å². The van der Waals surface area contributed by atoms with Gasteiger partial charge in [0.2, 0.25) is 17.7 Å². The van der Waals surface area contributed by atoms with Gasteiger partial charge in [-0.2, -0.15) is 0 Å². The van der Waals surface area contributed by atoms with Crippen molar-refractivity contribution in [2.45, 2.75) is 43.6 Å². The molecule has 0 saturated carbocycles. The Kier molecular flexibility index (Phi) is 4.26. The van der Waals surface area contributed by atoms with Gasteiger partial charge in [-0.1, -0.05) is 23.7 Å². The zero-order chi connectivity index (χ0) is 20.5. The molecule has 1 aromatic carbocycles. The smallest absolute Gasteiger partial charge is 0.250 e. The Morgan fingerprint density at radius 3 is 2.83 bits per heavy atom. The summed E-state index contributed by atoms with van der Waals surface area (Å²) < 4.78 is 5.61. The third-order valence-corrected chi connectivity index (χ3v) is 6.97. The molecular formula is C20H22ClN3O5. The van der Waals surface area contributed by atoms with Crippen LogP contribution in [0.15, 0.2) is 18.2 Å². The number of nitrogens with zero attached hydrogens (tertiary/aromatic N) is 1. The molecule has 8 nitrogen and oxygen atoms in total. The minimum Gasteiger partial charge on any atom is -0.392 e. The lowest BCUT2D eigenvalue weighted by molar-refractivity contribution is -0.144. The van der Waals surface area contributed by atoms with E-state index in [-0.39, 0.29) is 18.6 Å². The number of aliphatic hydroxyl groups excluding tert-OH is 1. The molecule has 5 rings (SSSR count). The molecule has 0 aliphatic carbocycles. The van der Waals surface area contributed by atoms with Crippen molar-refractivity contribution >= 4 is 35.0 Å². The van der Waals surface area contributed by atoms with E-state index in [0.29, 0.717) is 22.9 Å². The molecule has 3 fully saturated rings. The van der Waals surface area contributed by atoms with E-state index in [2.05, 4.69) is 10.6 Å². The number of halogens is 1. The largest absolute Gasteiger partial charge is 0.392 e. The zero-order valence-electron chi connectivity index (χ0n) is 15.9. The van der Waals surface area contributed by atoms with Gasteiger partial charge in [-0.25, -0.2) is 0 Å². The second-order valence-electron chi connectivity index (χ2n) is 8.26. The molecule has 0 aromatic heterocycles. The maximum atomic E-state index is 13.5. The SMILES string of the molecule is C[C@@H](O)[C@@H]1N[C@]2(C(=O)Nc3c(Cl)cccc32)[C@@H]2C(=O)N(C[C@@H]3CCCO3)C(=O)[C@H]12. The predicted molar refractivity (Wildman–Crippen MR) is 103 cm³/mol. The molecule has 0 bridgehead atoms. The highest BCUT2D eigenvalue weighted by Gasteiger charge is 2.71. The molecule has 0 unspecified atom stereocenters. The Morgan fingerprint density at radius 2 is 2.14 bits per heavy atom. The van der Waals surface area contributed by atoms with Crippen molar-refractivity contribution in [3.8, 4) is 0 Å². The Bertz CT molecular complexity index is 915. The average Bonchev–Trinajstić information content (AvgIpc) is 3.42. The average molecular weight is 420 g/mol. The number of carbonyl (C=O) groups excluding carboxylic acids is 3. The van der Waals surface area contributed by atoms with Gasteiger partial charge in [-0.3, -0.25) is 24.6 Å². The topological polar surface area (TPSA) is 108 Å². The Balaban J connectivity index is 1.61. The van der Waals surface area contributed by atoms with Gasteiger partial charge in [0.05, 0.1) is 41.3 Å². The molecule has 1 spiro atoms. The highest BCUT2D eigenvalue weighted by atomic mass is 35.5. The fraction of sp³-hybridized carbons (Fsp3) is 0.550. The van der Waals surface area contributed by atoms with E-state index in [1.54, 1.807) is 25.1 Å². The number of amides is 3. The number of rotatable bonds is 3. The van der Waals surface area contributed by atoms with E-state index >= 15 is 0 Å². The van der Waals surface area contributed by atoms with Crippen LogP contribution in [0.1, 0.15) is 25.3 Å². The quantitative estimate of drug-likeness (QED) is 0.620. The van der Waals surface area contributed by atoms with Crippen LogP contribution in [0.5, 0.6) is 0 Å². The lowest BCUT2D eigenvalue weighted by Gasteiger charge is -2.30. The highest BCUT2D eigenvalue weighted by molar-refractivity contribution is 6.35. The van der Waals surface area contributed by atoms with Crippen LogP contribution in [0, 0.1) is 11.8 Å². The number of para-hydroxylation sites is 1. The normalized spacial score (nSPS) is 36.7. The van der Waals surface area contributed by atoms with Crippen LogP contribution in [0.4, 0.5) is 5.69 Å². The molecule has 3 saturated heterocycles. The van der Waals surface area contributed by atoms with E-state index in [1.807, 2.05) is 0 Å². The van der Waals surface area contributed by atoms with E-state index in [0.717, 1.165) is 12.8 Å². The van der Waals surface area contributed by atoms with Gasteiger partial charge >= 0.3 is 0 Å². The molecule has 4 aliphatic rings. The Morgan fingerprint density at radius 1 is 1.34 bits per heavy atom. The Labute approximate surface area is 172 Å². The number of likely N-dealkylation sites (tertiary alicyclic amines) is 1. The summed E-state index contributed by atoms with van der Waals surface area (Å²) in [6.45, 7) is 2.35. The molecule has 4 heterocycles. The standard InChI is InChI=1S/C20H22ClN3O5/c1-9(25)15-13-14(18(27)24(17(13)26)8-10-4-3-7-29-10)20(23-15)11-5-2-6-12(21)16(11)22-19(20)28/h2,5-6,9-10,13-15,23,25H,3-4,7-8H2,1H3,(H,22,28)/t9-,10+,13+,14+,15+,20+/m1/s1. The van der Waals surface area contributed by atoms with Crippen LogP contribution in [-0.4, -0.2) is 59.1 Å². The van der Waals surface area contributed by atoms with Gasteiger partial charge in [0, 0.05) is 18.2 Å². The van der Waals surface area contributed by atoms with Crippen LogP contribution < -0.4 is 10.6 Å². The fourth-order valence-electron chi connectivity index (χ4n) is 5.37. The summed E-state index contributed by atoms with van der Waals surface area (Å²) >= 11 is 6.27. The number of ether oxygens (including phenoxy) is 1. The third kappa shape index (κ3) is 2.46. The number of aliphatic hydroxyl groups is 1. The number of carbonyl (C=O) groups is 3. The molecule has 29 heavy (non-hydrogen) atoms. The van der Waals surface area contributed by atoms with Gasteiger partial charge in [0.15, 0.2) is 0 Å². The van der Waals surface area contributed by atoms with Crippen molar-refractivity contribution < 1.29 is 24.2 Å². The number of anilines is 1. The van der Waals surface area contributed by atoms with Crippen LogP contribution in [0.25, 0.3) is 0 Å². The first-order valence-corrected chi connectivity index (χ1v) is 10.3. The number of imide groups is 1. The van der Waals surface area contributed by atoms with Crippen molar-refractivity contribution in [1.82, 2.24) is 10.2 Å². The van der Waals surface area contributed by atoms with Crippen molar-refractivity contribution in [1.29, 1.82) is 0 Å². The first-order chi connectivity index (χ1) is 13.9. The second kappa shape index (κ2) is 6.50. The molecule has 4 aliphatic heterocycles. The van der Waals surface area contributed by atoms with Gasteiger partial charge in [0.1, 0.15) is 5.54 Å². The predicted octanol–water partition coefficient (Wildman–Crippen LogP) is 0.620. The molecule has 154 valence electrons. The fourth-order valence-corrected chi connectivity index (χ4v) is 5.59. The van der Waals surface area contributed by atoms with Crippen LogP contribution in [-0.2, 0) is 24.7 Å². The molecule has 3 amide bonds. The summed E-state index contributed by atoms with van der Waals surface area (Å²) in [7, 11) is 0. The van der Waals surface area contributed by atoms with Crippen molar-refractivity contribution in [3.63, 3.8) is 0 Å². The van der Waals surface area contributed by atoms with Crippen molar-refractivity contribution in [2.24, 2.45) is 11.8 Å². The molecule has 3 N–H and O–H groups in total. The summed E-state index contributed by atoms with van der Waals surface area (Å²) in [5.41, 5.74) is -0.465. The summed E-state index contributed by atoms with van der Waals surface area (Å²) in [5.74, 6) is -2.99. The number of nitrogens with one attached hydrogen (secondary N) is 2. The highest BCUT2D eigenvalue weighted by Crippen LogP contribution is 2.54. The van der Waals surface area contributed by atoms with Gasteiger partial charge < -0.3 is 15.2 Å². The van der Waals surface area contributed by atoms with E-state index < -0.39 is 41.3 Å². The van der Waals surface area contributed by atoms with E-state index in [1.165, 1.54) is 4.90 Å². The maximum absolute atomic E-state index is 13.5. The number of fused-ring (bicyclic) bond motifs is 4. The van der Waals surface area contributed by atoms with E-state index in [4.69, 9.17) is 16.3 Å². The monoisotopic (exact) mass is 419 g/mol. The molecule has 9 heteroatoms. The lowest BCUT2D eigenvalue weighted by atomic mass is 9.76. The number of hydrogen-bond acceptors (Lipinski definition) is 6.